The summed E-state index contributed by atoms with van der Waals surface area (Å²) in [7, 11) is -2.24. The Balaban J connectivity index is 2.48. The lowest BCUT2D eigenvalue weighted by Crippen LogP contribution is -2.44. The first-order chi connectivity index (χ1) is 9.36. The van der Waals surface area contributed by atoms with Crippen LogP contribution in [0, 0.1) is 0 Å². The molecule has 0 N–H and O–H groups in total. The Hall–Kier alpha value is -0.340. The molecule has 0 aromatic heterocycles. The Morgan fingerprint density at radius 2 is 2.20 bits per heavy atom. The number of methoxy groups -OCH3 is 1. The molecule has 1 fully saturated rings. The molecule has 112 valence electrons. The molecule has 8 heteroatoms. The minimum absolute atomic E-state index is 0.0634. The Bertz CT molecular complexity index is 608. The summed E-state index contributed by atoms with van der Waals surface area (Å²) in [4.78, 5) is 0.0634. The fourth-order valence-corrected chi connectivity index (χ4v) is 4.94. The zero-order chi connectivity index (χ0) is 14.9. The zero-order valence-corrected chi connectivity index (χ0v) is 14.3. The standard InChI is InChI=1S/C12H15BrClNO4S/c1-8-7-15(3-4-19-8)20(16,17)11-6-9(14)5-10(13)12(11)18-2/h5-6,8H,3-4,7H2,1-2H3. The van der Waals surface area contributed by atoms with E-state index in [0.717, 1.165) is 0 Å². The Morgan fingerprint density at radius 3 is 2.80 bits per heavy atom. The third kappa shape index (κ3) is 3.12. The predicted octanol–water partition coefficient (Wildman–Crippen LogP) is 2.52. The van der Waals surface area contributed by atoms with Crippen LogP contribution in [-0.4, -0.2) is 45.6 Å². The Kier molecular flexibility index (Phi) is 4.96. The molecule has 1 aliphatic rings. The van der Waals surface area contributed by atoms with Gasteiger partial charge in [0.25, 0.3) is 0 Å². The van der Waals surface area contributed by atoms with Crippen LogP contribution in [0.25, 0.3) is 0 Å². The molecule has 0 spiro atoms. The maximum atomic E-state index is 12.7. The maximum Gasteiger partial charge on any atom is 0.247 e. The van der Waals surface area contributed by atoms with Gasteiger partial charge in [-0.25, -0.2) is 8.42 Å². The van der Waals surface area contributed by atoms with E-state index in [2.05, 4.69) is 15.9 Å². The fraction of sp³-hybridized carbons (Fsp3) is 0.500. The first kappa shape index (κ1) is 16.0. The van der Waals surface area contributed by atoms with Crippen LogP contribution in [-0.2, 0) is 14.8 Å². The zero-order valence-electron chi connectivity index (χ0n) is 11.1. The van der Waals surface area contributed by atoms with E-state index < -0.39 is 10.0 Å². The van der Waals surface area contributed by atoms with E-state index in [-0.39, 0.29) is 16.7 Å². The maximum absolute atomic E-state index is 12.7. The summed E-state index contributed by atoms with van der Waals surface area (Å²) >= 11 is 9.23. The molecule has 1 aromatic carbocycles. The van der Waals surface area contributed by atoms with Crippen molar-refractivity contribution >= 4 is 37.6 Å². The lowest BCUT2D eigenvalue weighted by atomic mass is 10.3. The molecule has 0 bridgehead atoms. The van der Waals surface area contributed by atoms with Crippen LogP contribution in [0.3, 0.4) is 0 Å². The second-order valence-electron chi connectivity index (χ2n) is 4.46. The quantitative estimate of drug-likeness (QED) is 0.803. The van der Waals surface area contributed by atoms with Crippen molar-refractivity contribution < 1.29 is 17.9 Å². The lowest BCUT2D eigenvalue weighted by molar-refractivity contribution is 0.0101. The van der Waals surface area contributed by atoms with Crippen LogP contribution in [0.2, 0.25) is 5.02 Å². The van der Waals surface area contributed by atoms with Crippen molar-refractivity contribution in [1.29, 1.82) is 0 Å². The number of hydrogen-bond donors (Lipinski definition) is 0. The first-order valence-corrected chi connectivity index (χ1v) is 8.62. The van der Waals surface area contributed by atoms with Gasteiger partial charge >= 0.3 is 0 Å². The lowest BCUT2D eigenvalue weighted by Gasteiger charge is -2.30. The van der Waals surface area contributed by atoms with E-state index in [4.69, 9.17) is 21.1 Å². The van der Waals surface area contributed by atoms with E-state index in [0.29, 0.717) is 29.2 Å². The number of ether oxygens (including phenoxy) is 2. The number of benzene rings is 1. The van der Waals surface area contributed by atoms with Gasteiger partial charge in [0.2, 0.25) is 10.0 Å². The van der Waals surface area contributed by atoms with Crippen molar-refractivity contribution in [2.24, 2.45) is 0 Å². The van der Waals surface area contributed by atoms with E-state index in [9.17, 15) is 8.42 Å². The number of halogens is 2. The van der Waals surface area contributed by atoms with Gasteiger partial charge in [-0.1, -0.05) is 11.6 Å². The molecular formula is C12H15BrClNO4S. The highest BCUT2D eigenvalue weighted by Crippen LogP contribution is 2.37. The Morgan fingerprint density at radius 1 is 1.50 bits per heavy atom. The molecule has 0 amide bonds. The van der Waals surface area contributed by atoms with Gasteiger partial charge in [0.15, 0.2) is 5.75 Å². The highest BCUT2D eigenvalue weighted by molar-refractivity contribution is 9.10. The molecule has 20 heavy (non-hydrogen) atoms. The van der Waals surface area contributed by atoms with Crippen molar-refractivity contribution in [1.82, 2.24) is 4.31 Å². The second-order valence-corrected chi connectivity index (χ2v) is 7.66. The number of rotatable bonds is 3. The summed E-state index contributed by atoms with van der Waals surface area (Å²) in [6, 6.07) is 3.00. The van der Waals surface area contributed by atoms with Crippen LogP contribution in [0.5, 0.6) is 5.75 Å². The number of hydrogen-bond acceptors (Lipinski definition) is 4. The predicted molar refractivity (Wildman–Crippen MR) is 79.9 cm³/mol. The van der Waals surface area contributed by atoms with Crippen LogP contribution >= 0.6 is 27.5 Å². The van der Waals surface area contributed by atoms with Gasteiger partial charge < -0.3 is 9.47 Å². The van der Waals surface area contributed by atoms with E-state index in [1.54, 1.807) is 6.07 Å². The molecule has 1 atom stereocenters. The van der Waals surface area contributed by atoms with Crippen molar-refractivity contribution in [3.8, 4) is 5.75 Å². The average Bonchev–Trinajstić information content (AvgIpc) is 2.38. The second kappa shape index (κ2) is 6.19. The minimum atomic E-state index is -3.67. The monoisotopic (exact) mass is 383 g/mol. The third-order valence-corrected chi connectivity index (χ3v) is 5.68. The van der Waals surface area contributed by atoms with Crippen LogP contribution in [0.4, 0.5) is 0 Å². The van der Waals surface area contributed by atoms with Gasteiger partial charge in [0.1, 0.15) is 4.90 Å². The van der Waals surface area contributed by atoms with Crippen LogP contribution in [0.1, 0.15) is 6.92 Å². The van der Waals surface area contributed by atoms with E-state index in [1.807, 2.05) is 6.92 Å². The Labute approximate surface area is 132 Å². The summed E-state index contributed by atoms with van der Waals surface area (Å²) < 4.78 is 37.9. The summed E-state index contributed by atoms with van der Waals surface area (Å²) in [5.41, 5.74) is 0. The smallest absolute Gasteiger partial charge is 0.247 e. The molecule has 1 heterocycles. The molecule has 2 rings (SSSR count). The molecule has 5 nitrogen and oxygen atoms in total. The molecule has 0 radical (unpaired) electrons. The van der Waals surface area contributed by atoms with E-state index in [1.165, 1.54) is 17.5 Å². The van der Waals surface area contributed by atoms with Gasteiger partial charge in [-0.05, 0) is 35.0 Å². The molecule has 1 aliphatic heterocycles. The highest BCUT2D eigenvalue weighted by Gasteiger charge is 2.32. The number of sulfonamides is 1. The van der Waals surface area contributed by atoms with Crippen LogP contribution in [0.15, 0.2) is 21.5 Å². The van der Waals surface area contributed by atoms with Crippen molar-refractivity contribution in [2.75, 3.05) is 26.8 Å². The summed E-state index contributed by atoms with van der Waals surface area (Å²) in [5.74, 6) is 0.258. The number of morpholine rings is 1. The van der Waals surface area contributed by atoms with Crippen molar-refractivity contribution in [3.05, 3.63) is 21.6 Å². The topological polar surface area (TPSA) is 55.8 Å². The molecular weight excluding hydrogens is 370 g/mol. The van der Waals surface area contributed by atoms with Gasteiger partial charge in [-0.15, -0.1) is 0 Å². The molecule has 1 saturated heterocycles. The van der Waals surface area contributed by atoms with Crippen molar-refractivity contribution in [3.63, 3.8) is 0 Å². The summed E-state index contributed by atoms with van der Waals surface area (Å²) in [5, 5.41) is 0.331. The molecule has 1 unspecified atom stereocenters. The van der Waals surface area contributed by atoms with Gasteiger partial charge in [-0.2, -0.15) is 4.31 Å². The van der Waals surface area contributed by atoms with Gasteiger partial charge in [0.05, 0.1) is 24.3 Å². The summed E-state index contributed by atoms with van der Waals surface area (Å²) in [6.45, 7) is 2.85. The first-order valence-electron chi connectivity index (χ1n) is 6.01. The van der Waals surface area contributed by atoms with Crippen molar-refractivity contribution in [2.45, 2.75) is 17.9 Å². The molecule has 0 saturated carbocycles. The fourth-order valence-electron chi connectivity index (χ4n) is 2.07. The SMILES string of the molecule is COc1c(Br)cc(Cl)cc1S(=O)(=O)N1CCOC(C)C1. The highest BCUT2D eigenvalue weighted by atomic mass is 79.9. The van der Waals surface area contributed by atoms with Gasteiger partial charge in [-0.3, -0.25) is 0 Å². The largest absolute Gasteiger partial charge is 0.494 e. The molecule has 1 aromatic rings. The van der Waals surface area contributed by atoms with Crippen LogP contribution < -0.4 is 4.74 Å². The summed E-state index contributed by atoms with van der Waals surface area (Å²) in [6.07, 6.45) is -0.132. The normalized spacial score (nSPS) is 20.9. The number of nitrogens with zero attached hydrogens (tertiary/aromatic N) is 1. The molecule has 0 aliphatic carbocycles. The minimum Gasteiger partial charge on any atom is -0.494 e. The van der Waals surface area contributed by atoms with Gasteiger partial charge in [0, 0.05) is 18.1 Å². The van der Waals surface area contributed by atoms with E-state index >= 15 is 0 Å². The average molecular weight is 385 g/mol. The third-order valence-electron chi connectivity index (χ3n) is 3.00.